The van der Waals surface area contributed by atoms with Gasteiger partial charge in [0.1, 0.15) is 0 Å². The summed E-state index contributed by atoms with van der Waals surface area (Å²) in [6.45, 7) is 1.55. The number of aryl methyl sites for hydroxylation is 1. The molecule has 1 aromatic heterocycles. The van der Waals surface area contributed by atoms with E-state index in [9.17, 15) is 14.9 Å². The summed E-state index contributed by atoms with van der Waals surface area (Å²) in [4.78, 5) is 24.6. The third-order valence-corrected chi connectivity index (χ3v) is 1.73. The van der Waals surface area contributed by atoms with Crippen molar-refractivity contribution in [2.24, 2.45) is 0 Å². The molecule has 0 aromatic carbocycles. The Hall–Kier alpha value is -1.98. The van der Waals surface area contributed by atoms with E-state index < -0.39 is 4.92 Å². The standard InChI is InChI=1S/C8H9N3O3/c1-5-6(8(12)9-2)3-4-7(10-5)11(13)14/h3-4H,1-2H3,(H,9,12). The van der Waals surface area contributed by atoms with Gasteiger partial charge in [0, 0.05) is 20.0 Å². The van der Waals surface area contributed by atoms with Gasteiger partial charge in [-0.1, -0.05) is 0 Å². The fraction of sp³-hybridized carbons (Fsp3) is 0.250. The number of nitro groups is 1. The molecule has 6 nitrogen and oxygen atoms in total. The number of nitrogens with zero attached hydrogens (tertiary/aromatic N) is 2. The maximum Gasteiger partial charge on any atom is 0.363 e. The van der Waals surface area contributed by atoms with Crippen molar-refractivity contribution in [2.45, 2.75) is 6.92 Å². The van der Waals surface area contributed by atoms with Crippen molar-refractivity contribution >= 4 is 11.7 Å². The van der Waals surface area contributed by atoms with E-state index in [0.717, 1.165) is 0 Å². The molecule has 0 aliphatic heterocycles. The molecule has 14 heavy (non-hydrogen) atoms. The average molecular weight is 195 g/mol. The fourth-order valence-electron chi connectivity index (χ4n) is 1.02. The van der Waals surface area contributed by atoms with Crippen molar-refractivity contribution in [1.82, 2.24) is 10.3 Å². The highest BCUT2D eigenvalue weighted by atomic mass is 16.6. The van der Waals surface area contributed by atoms with Crippen molar-refractivity contribution in [1.29, 1.82) is 0 Å². The number of rotatable bonds is 2. The quantitative estimate of drug-likeness (QED) is 0.554. The zero-order chi connectivity index (χ0) is 10.7. The van der Waals surface area contributed by atoms with Gasteiger partial charge in [0.15, 0.2) is 5.69 Å². The Balaban J connectivity index is 3.14. The first-order chi connectivity index (χ1) is 6.56. The van der Waals surface area contributed by atoms with Crippen LogP contribution < -0.4 is 5.32 Å². The molecular formula is C8H9N3O3. The van der Waals surface area contributed by atoms with Gasteiger partial charge in [-0.05, 0) is 16.0 Å². The molecule has 0 radical (unpaired) electrons. The van der Waals surface area contributed by atoms with Gasteiger partial charge in [-0.25, -0.2) is 0 Å². The average Bonchev–Trinajstić information content (AvgIpc) is 2.16. The highest BCUT2D eigenvalue weighted by molar-refractivity contribution is 5.95. The smallest absolute Gasteiger partial charge is 0.358 e. The van der Waals surface area contributed by atoms with Crippen molar-refractivity contribution in [3.05, 3.63) is 33.5 Å². The van der Waals surface area contributed by atoms with Gasteiger partial charge >= 0.3 is 5.82 Å². The molecule has 0 atom stereocenters. The maximum atomic E-state index is 11.2. The van der Waals surface area contributed by atoms with E-state index in [0.29, 0.717) is 11.3 Å². The second kappa shape index (κ2) is 3.82. The number of aromatic nitrogens is 1. The van der Waals surface area contributed by atoms with Gasteiger partial charge in [0.2, 0.25) is 0 Å². The Morgan fingerprint density at radius 1 is 1.57 bits per heavy atom. The lowest BCUT2D eigenvalue weighted by molar-refractivity contribution is -0.389. The molecular weight excluding hydrogens is 186 g/mol. The number of pyridine rings is 1. The zero-order valence-electron chi connectivity index (χ0n) is 7.77. The van der Waals surface area contributed by atoms with Crippen molar-refractivity contribution in [3.8, 4) is 0 Å². The number of amides is 1. The molecule has 1 amide bonds. The van der Waals surface area contributed by atoms with Gasteiger partial charge in [0.05, 0.1) is 5.56 Å². The molecule has 1 rings (SSSR count). The van der Waals surface area contributed by atoms with E-state index in [1.54, 1.807) is 6.92 Å². The van der Waals surface area contributed by atoms with Gasteiger partial charge in [-0.15, -0.1) is 0 Å². The Morgan fingerprint density at radius 2 is 2.21 bits per heavy atom. The van der Waals surface area contributed by atoms with Gasteiger partial charge in [-0.3, -0.25) is 4.79 Å². The molecule has 0 bridgehead atoms. The van der Waals surface area contributed by atoms with E-state index in [-0.39, 0.29) is 11.7 Å². The minimum absolute atomic E-state index is 0.254. The van der Waals surface area contributed by atoms with Gasteiger partial charge in [0.25, 0.3) is 5.91 Å². The molecule has 0 saturated heterocycles. The summed E-state index contributed by atoms with van der Waals surface area (Å²) in [7, 11) is 1.49. The first-order valence-electron chi connectivity index (χ1n) is 3.90. The summed E-state index contributed by atoms with van der Waals surface area (Å²) < 4.78 is 0. The molecule has 0 saturated carbocycles. The van der Waals surface area contributed by atoms with Crippen LogP contribution in [0.15, 0.2) is 12.1 Å². The van der Waals surface area contributed by atoms with Crippen molar-refractivity contribution < 1.29 is 9.72 Å². The summed E-state index contributed by atoms with van der Waals surface area (Å²) >= 11 is 0. The van der Waals surface area contributed by atoms with Crippen LogP contribution in [0.3, 0.4) is 0 Å². The SMILES string of the molecule is CNC(=O)c1ccc([N+](=O)[O-])nc1C. The molecule has 74 valence electrons. The predicted molar refractivity (Wildman–Crippen MR) is 49.0 cm³/mol. The normalized spacial score (nSPS) is 9.57. The minimum Gasteiger partial charge on any atom is -0.358 e. The Kier molecular flexibility index (Phi) is 2.76. The number of nitrogens with one attached hydrogen (secondary N) is 1. The highest BCUT2D eigenvalue weighted by Crippen LogP contribution is 2.11. The Labute approximate surface area is 80.1 Å². The van der Waals surface area contributed by atoms with E-state index in [1.807, 2.05) is 0 Å². The fourth-order valence-corrected chi connectivity index (χ4v) is 1.02. The second-order valence-electron chi connectivity index (χ2n) is 2.64. The highest BCUT2D eigenvalue weighted by Gasteiger charge is 2.15. The third kappa shape index (κ3) is 1.85. The number of hydrogen-bond acceptors (Lipinski definition) is 4. The Bertz CT molecular complexity index is 389. The molecule has 6 heteroatoms. The van der Waals surface area contributed by atoms with E-state index in [4.69, 9.17) is 0 Å². The first kappa shape index (κ1) is 10.1. The second-order valence-corrected chi connectivity index (χ2v) is 2.64. The summed E-state index contributed by atoms with van der Waals surface area (Å²) in [6.07, 6.45) is 0. The van der Waals surface area contributed by atoms with Crippen LogP contribution in [0.4, 0.5) is 5.82 Å². The van der Waals surface area contributed by atoms with Gasteiger partial charge in [-0.2, -0.15) is 0 Å². The van der Waals surface area contributed by atoms with Crippen LogP contribution in [0.2, 0.25) is 0 Å². The molecule has 1 heterocycles. The lowest BCUT2D eigenvalue weighted by Crippen LogP contribution is -2.19. The molecule has 0 unspecified atom stereocenters. The monoisotopic (exact) mass is 195 g/mol. The Morgan fingerprint density at radius 3 is 2.64 bits per heavy atom. The first-order valence-corrected chi connectivity index (χ1v) is 3.90. The van der Waals surface area contributed by atoms with Crippen LogP contribution >= 0.6 is 0 Å². The molecule has 0 spiro atoms. The molecule has 1 N–H and O–H groups in total. The summed E-state index contributed by atoms with van der Waals surface area (Å²) in [5.74, 6) is -0.556. The van der Waals surface area contributed by atoms with Crippen LogP contribution in [0.25, 0.3) is 0 Å². The molecule has 0 aliphatic carbocycles. The predicted octanol–water partition coefficient (Wildman–Crippen LogP) is 0.658. The van der Waals surface area contributed by atoms with Crippen LogP contribution in [-0.2, 0) is 0 Å². The van der Waals surface area contributed by atoms with Crippen molar-refractivity contribution in [3.63, 3.8) is 0 Å². The molecule has 0 fully saturated rings. The van der Waals surface area contributed by atoms with Crippen molar-refractivity contribution in [2.75, 3.05) is 7.05 Å². The minimum atomic E-state index is -0.597. The lowest BCUT2D eigenvalue weighted by Gasteiger charge is -1.99. The van der Waals surface area contributed by atoms with Crippen LogP contribution in [-0.4, -0.2) is 22.9 Å². The van der Waals surface area contributed by atoms with Crippen LogP contribution in [0.5, 0.6) is 0 Å². The summed E-state index contributed by atoms with van der Waals surface area (Å²) in [5.41, 5.74) is 0.691. The number of carbonyl (C=O) groups excluding carboxylic acids is 1. The largest absolute Gasteiger partial charge is 0.363 e. The summed E-state index contributed by atoms with van der Waals surface area (Å²) in [6, 6.07) is 2.59. The number of hydrogen-bond donors (Lipinski definition) is 1. The molecule has 1 aromatic rings. The lowest BCUT2D eigenvalue weighted by atomic mass is 10.2. The van der Waals surface area contributed by atoms with E-state index >= 15 is 0 Å². The zero-order valence-corrected chi connectivity index (χ0v) is 7.77. The third-order valence-electron chi connectivity index (χ3n) is 1.73. The van der Waals surface area contributed by atoms with E-state index in [2.05, 4.69) is 10.3 Å². The van der Waals surface area contributed by atoms with Gasteiger partial charge < -0.3 is 15.4 Å². The van der Waals surface area contributed by atoms with Crippen LogP contribution in [0.1, 0.15) is 16.1 Å². The maximum absolute atomic E-state index is 11.2. The van der Waals surface area contributed by atoms with E-state index in [1.165, 1.54) is 19.2 Å². The molecule has 0 aliphatic rings. The number of carbonyl (C=O) groups is 1. The summed E-state index contributed by atoms with van der Waals surface area (Å²) in [5, 5.41) is 12.8. The van der Waals surface area contributed by atoms with Crippen LogP contribution in [0, 0.1) is 17.0 Å². The topological polar surface area (TPSA) is 85.1 Å².